The minimum Gasteiger partial charge on any atom is -0.450 e. The molecule has 1 fully saturated rings. The summed E-state index contributed by atoms with van der Waals surface area (Å²) in [6.45, 7) is 2.98. The summed E-state index contributed by atoms with van der Waals surface area (Å²) in [6.07, 6.45) is 5.04. The van der Waals surface area contributed by atoms with Crippen molar-refractivity contribution in [1.82, 2.24) is 9.88 Å². The van der Waals surface area contributed by atoms with Crippen LogP contribution in [0.25, 0.3) is 6.08 Å². The molecule has 1 amide bonds. The number of pyridine rings is 1. The van der Waals surface area contributed by atoms with Gasteiger partial charge in [0.1, 0.15) is 11.6 Å². The zero-order valence-corrected chi connectivity index (χ0v) is 13.6. The van der Waals surface area contributed by atoms with E-state index in [-0.39, 0.29) is 5.91 Å². The highest BCUT2D eigenvalue weighted by atomic mass is 79.9. The monoisotopic (exact) mass is 361 g/mol. The number of amides is 1. The third-order valence-corrected chi connectivity index (χ3v) is 3.97. The van der Waals surface area contributed by atoms with Gasteiger partial charge in [-0.15, -0.1) is 0 Å². The molecule has 0 N–H and O–H groups in total. The molecule has 0 bridgehead atoms. The average molecular weight is 362 g/mol. The summed E-state index contributed by atoms with van der Waals surface area (Å²) in [4.78, 5) is 20.5. The number of aromatic nitrogens is 1. The zero-order valence-electron chi connectivity index (χ0n) is 12.0. The number of hydrogen-bond acceptors (Lipinski definition) is 4. The van der Waals surface area contributed by atoms with E-state index in [1.807, 2.05) is 29.2 Å². The number of carbonyl (C=O) groups excluding carboxylic acids is 1. The van der Waals surface area contributed by atoms with E-state index < -0.39 is 0 Å². The Hall–Kier alpha value is -2.08. The largest absolute Gasteiger partial charge is 0.450 e. The van der Waals surface area contributed by atoms with E-state index in [1.165, 1.54) is 0 Å². The van der Waals surface area contributed by atoms with E-state index in [9.17, 15) is 4.79 Å². The van der Waals surface area contributed by atoms with Crippen molar-refractivity contribution in [2.24, 2.45) is 0 Å². The minimum atomic E-state index is 0.00759. The second-order valence-electron chi connectivity index (χ2n) is 4.98. The Balaban J connectivity index is 1.55. The van der Waals surface area contributed by atoms with Gasteiger partial charge in [-0.3, -0.25) is 4.79 Å². The van der Waals surface area contributed by atoms with Crippen LogP contribution in [0.2, 0.25) is 0 Å². The molecule has 0 aliphatic carbocycles. The van der Waals surface area contributed by atoms with E-state index in [0.717, 1.165) is 18.9 Å². The van der Waals surface area contributed by atoms with Gasteiger partial charge >= 0.3 is 0 Å². The molecule has 22 heavy (non-hydrogen) atoms. The van der Waals surface area contributed by atoms with Crippen LogP contribution in [-0.4, -0.2) is 42.0 Å². The van der Waals surface area contributed by atoms with Gasteiger partial charge in [0.25, 0.3) is 0 Å². The Bertz CT molecular complexity index is 661. The Morgan fingerprint density at radius 1 is 1.18 bits per heavy atom. The third kappa shape index (κ3) is 3.57. The summed E-state index contributed by atoms with van der Waals surface area (Å²) < 4.78 is 5.99. The molecular weight excluding hydrogens is 346 g/mol. The van der Waals surface area contributed by atoms with Crippen molar-refractivity contribution < 1.29 is 9.21 Å². The van der Waals surface area contributed by atoms with E-state index in [1.54, 1.807) is 24.4 Å². The van der Waals surface area contributed by atoms with Crippen molar-refractivity contribution in [2.45, 2.75) is 0 Å². The predicted octanol–water partition coefficient (Wildman–Crippen LogP) is 2.80. The Labute approximate surface area is 137 Å². The molecular formula is C16H16BrN3O2. The normalized spacial score (nSPS) is 15.5. The Kier molecular flexibility index (Phi) is 4.58. The number of piperazine rings is 1. The quantitative estimate of drug-likeness (QED) is 0.788. The van der Waals surface area contributed by atoms with Crippen molar-refractivity contribution in [1.29, 1.82) is 0 Å². The third-order valence-electron chi connectivity index (χ3n) is 3.55. The van der Waals surface area contributed by atoms with E-state index >= 15 is 0 Å². The van der Waals surface area contributed by atoms with Crippen molar-refractivity contribution in [3.05, 3.63) is 53.0 Å². The van der Waals surface area contributed by atoms with Gasteiger partial charge in [-0.25, -0.2) is 4.98 Å². The molecule has 3 heterocycles. The molecule has 1 aliphatic heterocycles. The summed E-state index contributed by atoms with van der Waals surface area (Å²) in [5.41, 5.74) is 0. The molecule has 0 atom stereocenters. The first-order valence-corrected chi connectivity index (χ1v) is 7.90. The van der Waals surface area contributed by atoms with Crippen LogP contribution in [0.4, 0.5) is 5.82 Å². The Morgan fingerprint density at radius 2 is 2.00 bits per heavy atom. The number of anilines is 1. The molecule has 0 aromatic carbocycles. The SMILES string of the molecule is O=C(/C=C/c1ccc(Br)o1)N1CCN(c2ccccn2)CC1. The average Bonchev–Trinajstić information content (AvgIpc) is 2.99. The highest BCUT2D eigenvalue weighted by Gasteiger charge is 2.20. The van der Waals surface area contributed by atoms with Crippen LogP contribution in [0.1, 0.15) is 5.76 Å². The first kappa shape index (κ1) is 14.8. The maximum Gasteiger partial charge on any atom is 0.246 e. The predicted molar refractivity (Wildman–Crippen MR) is 88.5 cm³/mol. The van der Waals surface area contributed by atoms with Crippen LogP contribution >= 0.6 is 15.9 Å². The summed E-state index contributed by atoms with van der Waals surface area (Å²) in [5, 5.41) is 0. The molecule has 0 saturated carbocycles. The number of halogens is 1. The second kappa shape index (κ2) is 6.79. The molecule has 0 radical (unpaired) electrons. The molecule has 1 aliphatic rings. The summed E-state index contributed by atoms with van der Waals surface area (Å²) in [6, 6.07) is 9.49. The lowest BCUT2D eigenvalue weighted by Crippen LogP contribution is -2.48. The van der Waals surface area contributed by atoms with Gasteiger partial charge in [0.2, 0.25) is 5.91 Å². The van der Waals surface area contributed by atoms with Gasteiger partial charge in [-0.05, 0) is 46.3 Å². The molecule has 2 aromatic heterocycles. The van der Waals surface area contributed by atoms with Crippen molar-refractivity contribution in [2.75, 3.05) is 31.1 Å². The molecule has 0 spiro atoms. The van der Waals surface area contributed by atoms with Crippen LogP contribution in [0.3, 0.4) is 0 Å². The maximum atomic E-state index is 12.2. The van der Waals surface area contributed by atoms with E-state index in [0.29, 0.717) is 23.5 Å². The lowest BCUT2D eigenvalue weighted by molar-refractivity contribution is -0.126. The van der Waals surface area contributed by atoms with Gasteiger partial charge in [0.15, 0.2) is 4.67 Å². The van der Waals surface area contributed by atoms with Crippen LogP contribution in [0.15, 0.2) is 51.7 Å². The molecule has 114 valence electrons. The van der Waals surface area contributed by atoms with E-state index in [4.69, 9.17) is 4.42 Å². The lowest BCUT2D eigenvalue weighted by atomic mass is 10.3. The van der Waals surface area contributed by atoms with Crippen molar-refractivity contribution in [3.8, 4) is 0 Å². The van der Waals surface area contributed by atoms with Crippen LogP contribution < -0.4 is 4.90 Å². The molecule has 6 heteroatoms. The standard InChI is InChI=1S/C16H16BrN3O2/c17-14-6-4-13(22-14)5-7-16(21)20-11-9-19(10-12-20)15-3-1-2-8-18-15/h1-8H,9-12H2/b7-5+. The van der Waals surface area contributed by atoms with Crippen molar-refractivity contribution in [3.63, 3.8) is 0 Å². The highest BCUT2D eigenvalue weighted by Crippen LogP contribution is 2.16. The molecule has 5 nitrogen and oxygen atoms in total. The van der Waals surface area contributed by atoms with Gasteiger partial charge in [0.05, 0.1) is 0 Å². The number of nitrogens with zero attached hydrogens (tertiary/aromatic N) is 3. The second-order valence-corrected chi connectivity index (χ2v) is 5.76. The number of furan rings is 1. The fraction of sp³-hybridized carbons (Fsp3) is 0.250. The first-order valence-electron chi connectivity index (χ1n) is 7.11. The smallest absolute Gasteiger partial charge is 0.246 e. The van der Waals surface area contributed by atoms with Crippen LogP contribution in [0, 0.1) is 0 Å². The zero-order chi connectivity index (χ0) is 15.4. The fourth-order valence-electron chi connectivity index (χ4n) is 2.37. The molecule has 3 rings (SSSR count). The van der Waals surface area contributed by atoms with Gasteiger partial charge in [-0.2, -0.15) is 0 Å². The van der Waals surface area contributed by atoms with Gasteiger partial charge in [-0.1, -0.05) is 6.07 Å². The molecule has 2 aromatic rings. The van der Waals surface area contributed by atoms with E-state index in [2.05, 4.69) is 25.8 Å². The number of hydrogen-bond donors (Lipinski definition) is 0. The maximum absolute atomic E-state index is 12.2. The first-order chi connectivity index (χ1) is 10.7. The lowest BCUT2D eigenvalue weighted by Gasteiger charge is -2.34. The fourth-order valence-corrected chi connectivity index (χ4v) is 2.69. The summed E-state index contributed by atoms with van der Waals surface area (Å²) >= 11 is 3.24. The highest BCUT2D eigenvalue weighted by molar-refractivity contribution is 9.10. The summed E-state index contributed by atoms with van der Waals surface area (Å²) in [5.74, 6) is 1.63. The number of carbonyl (C=O) groups is 1. The van der Waals surface area contributed by atoms with Crippen LogP contribution in [-0.2, 0) is 4.79 Å². The van der Waals surface area contributed by atoms with Crippen LogP contribution in [0.5, 0.6) is 0 Å². The summed E-state index contributed by atoms with van der Waals surface area (Å²) in [7, 11) is 0. The molecule has 1 saturated heterocycles. The number of rotatable bonds is 3. The Morgan fingerprint density at radius 3 is 2.64 bits per heavy atom. The van der Waals surface area contributed by atoms with Gasteiger partial charge in [0, 0.05) is 38.5 Å². The van der Waals surface area contributed by atoms with Gasteiger partial charge < -0.3 is 14.2 Å². The van der Waals surface area contributed by atoms with Crippen molar-refractivity contribution >= 4 is 33.7 Å². The minimum absolute atomic E-state index is 0.00759. The molecule has 0 unspecified atom stereocenters. The topological polar surface area (TPSA) is 49.6 Å².